The molecule has 1 saturated carbocycles. The van der Waals surface area contributed by atoms with E-state index in [0.29, 0.717) is 18.0 Å². The number of thioether (sulfide) groups is 1. The van der Waals surface area contributed by atoms with Crippen molar-refractivity contribution in [2.75, 3.05) is 12.4 Å². The molecule has 0 spiro atoms. The minimum absolute atomic E-state index is 0.0130. The van der Waals surface area contributed by atoms with Crippen LogP contribution in [0.1, 0.15) is 54.6 Å². The lowest BCUT2D eigenvalue weighted by molar-refractivity contribution is -0.147. The van der Waals surface area contributed by atoms with Crippen molar-refractivity contribution in [3.63, 3.8) is 0 Å². The number of hydrogen-bond donors (Lipinski definition) is 4. The predicted octanol–water partition coefficient (Wildman–Crippen LogP) is 3.00. The van der Waals surface area contributed by atoms with Gasteiger partial charge in [0, 0.05) is 22.4 Å². The molecule has 4 rings (SSSR count). The molecule has 2 aromatic carbocycles. The first-order valence-corrected chi connectivity index (χ1v) is 14.1. The maximum Gasteiger partial charge on any atom is 0.254 e. The van der Waals surface area contributed by atoms with E-state index in [1.54, 1.807) is 19.1 Å². The number of aliphatic hydroxyl groups is 1. The molecule has 0 bridgehead atoms. The molecule has 204 valence electrons. The van der Waals surface area contributed by atoms with E-state index in [2.05, 4.69) is 10.6 Å². The first-order chi connectivity index (χ1) is 18.1. The number of carbonyl (C=O) groups is 3. The van der Waals surface area contributed by atoms with E-state index in [0.717, 1.165) is 18.4 Å². The van der Waals surface area contributed by atoms with Crippen LogP contribution in [-0.4, -0.2) is 68.2 Å². The van der Waals surface area contributed by atoms with Crippen LogP contribution < -0.4 is 10.6 Å². The van der Waals surface area contributed by atoms with E-state index >= 15 is 0 Å². The van der Waals surface area contributed by atoms with Gasteiger partial charge in [-0.3, -0.25) is 14.4 Å². The van der Waals surface area contributed by atoms with Crippen molar-refractivity contribution >= 4 is 29.5 Å². The highest BCUT2D eigenvalue weighted by Gasteiger charge is 2.49. The first-order valence-electron chi connectivity index (χ1n) is 13.1. The number of aliphatic hydroxyl groups excluding tert-OH is 1. The van der Waals surface area contributed by atoms with Crippen LogP contribution in [-0.2, 0) is 16.0 Å². The Labute approximate surface area is 228 Å². The summed E-state index contributed by atoms with van der Waals surface area (Å²) in [6.07, 6.45) is 2.01. The molecule has 2 aromatic rings. The van der Waals surface area contributed by atoms with Crippen LogP contribution in [0.25, 0.3) is 0 Å². The molecule has 1 saturated heterocycles. The van der Waals surface area contributed by atoms with Crippen LogP contribution in [0.3, 0.4) is 0 Å². The summed E-state index contributed by atoms with van der Waals surface area (Å²) in [5.41, 5.74) is 1.50. The molecule has 38 heavy (non-hydrogen) atoms. The Kier molecular flexibility index (Phi) is 8.67. The third-order valence-electron chi connectivity index (χ3n) is 7.67. The molecular weight excluding hydrogens is 502 g/mol. The topological polar surface area (TPSA) is 119 Å². The van der Waals surface area contributed by atoms with Crippen molar-refractivity contribution in [2.24, 2.45) is 5.92 Å². The van der Waals surface area contributed by atoms with E-state index < -0.39 is 34.7 Å². The Morgan fingerprint density at radius 3 is 2.47 bits per heavy atom. The summed E-state index contributed by atoms with van der Waals surface area (Å²) in [6, 6.07) is 12.3. The van der Waals surface area contributed by atoms with Crippen molar-refractivity contribution in [3.05, 3.63) is 65.2 Å². The van der Waals surface area contributed by atoms with Crippen LogP contribution in [0.2, 0.25) is 0 Å². The molecule has 3 atom stereocenters. The number of phenols is 1. The van der Waals surface area contributed by atoms with Gasteiger partial charge in [-0.05, 0) is 63.6 Å². The van der Waals surface area contributed by atoms with Gasteiger partial charge in [-0.2, -0.15) is 0 Å². The van der Waals surface area contributed by atoms with Gasteiger partial charge < -0.3 is 25.7 Å². The number of nitrogens with one attached hydrogen (secondary N) is 2. The van der Waals surface area contributed by atoms with Crippen molar-refractivity contribution < 1.29 is 24.6 Å². The SMILES string of the molecule is Cc1c(O)cccc1C(=O)N[C@@H](Cc1ccccc1)[C@H](O)C(=O)N1CSC(C)(C)[C@@H]1C(=O)NCC1CCC1. The van der Waals surface area contributed by atoms with Crippen LogP contribution in [0.15, 0.2) is 48.5 Å². The molecule has 1 aliphatic heterocycles. The van der Waals surface area contributed by atoms with E-state index in [1.807, 2.05) is 44.2 Å². The molecular formula is C29H37N3O5S. The lowest BCUT2D eigenvalue weighted by atomic mass is 9.85. The molecule has 8 nitrogen and oxygen atoms in total. The smallest absolute Gasteiger partial charge is 0.254 e. The van der Waals surface area contributed by atoms with Crippen LogP contribution >= 0.6 is 11.8 Å². The Morgan fingerprint density at radius 1 is 1.11 bits per heavy atom. The van der Waals surface area contributed by atoms with Crippen LogP contribution in [0.4, 0.5) is 0 Å². The molecule has 1 heterocycles. The van der Waals surface area contributed by atoms with Crippen molar-refractivity contribution in [1.29, 1.82) is 0 Å². The fraction of sp³-hybridized carbons (Fsp3) is 0.483. The molecule has 2 aliphatic rings. The Morgan fingerprint density at radius 2 is 1.82 bits per heavy atom. The van der Waals surface area contributed by atoms with Gasteiger partial charge in [0.25, 0.3) is 11.8 Å². The lowest BCUT2D eigenvalue weighted by Crippen LogP contribution is -2.59. The fourth-order valence-corrected chi connectivity index (χ4v) is 6.16. The van der Waals surface area contributed by atoms with E-state index in [9.17, 15) is 24.6 Å². The summed E-state index contributed by atoms with van der Waals surface area (Å²) in [5.74, 6) is -0.579. The zero-order chi connectivity index (χ0) is 27.4. The highest BCUT2D eigenvalue weighted by molar-refractivity contribution is 8.00. The van der Waals surface area contributed by atoms with Gasteiger partial charge in [0.2, 0.25) is 5.91 Å². The Hall–Kier alpha value is -3.04. The van der Waals surface area contributed by atoms with Gasteiger partial charge in [0.15, 0.2) is 6.10 Å². The number of phenolic OH excluding ortho intramolecular Hbond substituents is 1. The van der Waals surface area contributed by atoms with Gasteiger partial charge in [-0.15, -0.1) is 11.8 Å². The third kappa shape index (κ3) is 6.15. The quantitative estimate of drug-likeness (QED) is 0.389. The van der Waals surface area contributed by atoms with Gasteiger partial charge in [0.05, 0.1) is 11.9 Å². The summed E-state index contributed by atoms with van der Waals surface area (Å²) in [6.45, 7) is 6.09. The van der Waals surface area contributed by atoms with Crippen LogP contribution in [0.5, 0.6) is 5.75 Å². The fourth-order valence-electron chi connectivity index (χ4n) is 5.02. The largest absolute Gasteiger partial charge is 0.508 e. The van der Waals surface area contributed by atoms with Gasteiger partial charge in [-0.25, -0.2) is 0 Å². The molecule has 1 aliphatic carbocycles. The van der Waals surface area contributed by atoms with Gasteiger partial charge in [0.1, 0.15) is 11.8 Å². The number of amides is 3. The maximum atomic E-state index is 13.7. The number of aromatic hydroxyl groups is 1. The average molecular weight is 540 g/mol. The lowest BCUT2D eigenvalue weighted by Gasteiger charge is -2.34. The predicted molar refractivity (Wildman–Crippen MR) is 148 cm³/mol. The summed E-state index contributed by atoms with van der Waals surface area (Å²) >= 11 is 1.49. The zero-order valence-electron chi connectivity index (χ0n) is 22.1. The minimum Gasteiger partial charge on any atom is -0.508 e. The Balaban J connectivity index is 1.55. The summed E-state index contributed by atoms with van der Waals surface area (Å²) in [7, 11) is 0. The first kappa shape index (κ1) is 28.0. The number of nitrogens with zero attached hydrogens (tertiary/aromatic N) is 1. The summed E-state index contributed by atoms with van der Waals surface area (Å²) < 4.78 is -0.532. The number of carbonyl (C=O) groups excluding carboxylic acids is 3. The second-order valence-corrected chi connectivity index (χ2v) is 12.4. The summed E-state index contributed by atoms with van der Waals surface area (Å²) in [5, 5.41) is 27.3. The van der Waals surface area contributed by atoms with Crippen molar-refractivity contribution in [3.8, 4) is 5.75 Å². The normalized spacial score (nSPS) is 20.3. The highest BCUT2D eigenvalue weighted by Crippen LogP contribution is 2.40. The third-order valence-corrected chi connectivity index (χ3v) is 9.04. The highest BCUT2D eigenvalue weighted by atomic mass is 32.2. The van der Waals surface area contributed by atoms with Gasteiger partial charge in [-0.1, -0.05) is 42.8 Å². The van der Waals surface area contributed by atoms with E-state index in [4.69, 9.17) is 0 Å². The van der Waals surface area contributed by atoms with E-state index in [-0.39, 0.29) is 29.5 Å². The average Bonchev–Trinajstić information content (AvgIpc) is 3.18. The number of benzene rings is 2. The van der Waals surface area contributed by atoms with Gasteiger partial charge >= 0.3 is 0 Å². The Bertz CT molecular complexity index is 1170. The molecule has 0 aromatic heterocycles. The minimum atomic E-state index is -1.58. The number of hydrogen-bond acceptors (Lipinski definition) is 6. The zero-order valence-corrected chi connectivity index (χ0v) is 23.0. The van der Waals surface area contributed by atoms with Crippen molar-refractivity contribution in [1.82, 2.24) is 15.5 Å². The van der Waals surface area contributed by atoms with E-state index in [1.165, 1.54) is 29.1 Å². The number of rotatable bonds is 9. The molecule has 0 unspecified atom stereocenters. The summed E-state index contributed by atoms with van der Waals surface area (Å²) in [4.78, 5) is 41.6. The second kappa shape index (κ2) is 11.8. The molecule has 2 fully saturated rings. The molecule has 0 radical (unpaired) electrons. The maximum absolute atomic E-state index is 13.7. The molecule has 4 N–H and O–H groups in total. The second-order valence-electron chi connectivity index (χ2n) is 10.8. The molecule has 3 amide bonds. The standard InChI is InChI=1S/C29H37N3O5S/c1-18-21(13-8-14-23(18)33)26(35)31-22(15-19-9-5-4-6-10-19)24(34)28(37)32-17-38-29(2,3)25(32)27(36)30-16-20-11-7-12-20/h4-6,8-10,13-14,20,22,24-25,33-34H,7,11-12,15-17H2,1-3H3,(H,30,36)(H,31,35)/t22-,24-,25-/m0/s1. The van der Waals surface area contributed by atoms with Crippen molar-refractivity contribution in [2.45, 2.75) is 69.4 Å². The monoisotopic (exact) mass is 539 g/mol. The molecule has 9 heteroatoms. The van der Waals surface area contributed by atoms with Crippen LogP contribution in [0, 0.1) is 12.8 Å².